The summed E-state index contributed by atoms with van der Waals surface area (Å²) < 4.78 is 12.3. The lowest BCUT2D eigenvalue weighted by Crippen LogP contribution is -2.62. The molecule has 4 aromatic rings. The van der Waals surface area contributed by atoms with Gasteiger partial charge in [0.15, 0.2) is 5.43 Å². The van der Waals surface area contributed by atoms with Crippen molar-refractivity contribution in [1.82, 2.24) is 0 Å². The molecule has 4 atom stereocenters. The molecular weight excluding hydrogens is 502 g/mol. The lowest BCUT2D eigenvalue weighted by molar-refractivity contribution is -0.164. The number of benzene rings is 3. The lowest BCUT2D eigenvalue weighted by atomic mass is 9.63. The van der Waals surface area contributed by atoms with E-state index in [1.165, 1.54) is 18.2 Å². The molecule has 1 saturated carbocycles. The van der Waals surface area contributed by atoms with Crippen molar-refractivity contribution in [2.24, 2.45) is 0 Å². The van der Waals surface area contributed by atoms with E-state index in [0.29, 0.717) is 24.1 Å². The van der Waals surface area contributed by atoms with Gasteiger partial charge in [-0.2, -0.15) is 0 Å². The number of fused-ring (bicyclic) bond motifs is 3. The van der Waals surface area contributed by atoms with Crippen LogP contribution in [0.25, 0.3) is 11.0 Å². The van der Waals surface area contributed by atoms with Gasteiger partial charge in [-0.05, 0) is 67.5 Å². The molecule has 1 aromatic heterocycles. The van der Waals surface area contributed by atoms with Crippen LogP contribution in [0.2, 0.25) is 0 Å². The van der Waals surface area contributed by atoms with Crippen LogP contribution in [0.4, 0.5) is 5.69 Å². The SMILES string of the molecule is CC12CC(c3ccc(N)cc3)CCC1(O)Cc1c(cc3oc(C(O)c4cc(O)cc(O)c4)cc(=O)c3c1O)O2. The maximum absolute atomic E-state index is 13.1. The fraction of sp³-hybridized carbons (Fsp3) is 0.300. The highest BCUT2D eigenvalue weighted by molar-refractivity contribution is 5.87. The number of nitrogen functional groups attached to an aromatic ring is 1. The minimum absolute atomic E-state index is 0.00268. The third-order valence-corrected chi connectivity index (χ3v) is 8.33. The first-order valence-electron chi connectivity index (χ1n) is 12.8. The van der Waals surface area contributed by atoms with Gasteiger partial charge in [0.2, 0.25) is 0 Å². The summed E-state index contributed by atoms with van der Waals surface area (Å²) in [6, 6.07) is 13.8. The molecule has 3 aromatic carbocycles. The first-order chi connectivity index (χ1) is 18.5. The van der Waals surface area contributed by atoms with Gasteiger partial charge in [-0.1, -0.05) is 12.1 Å². The topological polar surface area (TPSA) is 167 Å². The molecule has 0 spiro atoms. The van der Waals surface area contributed by atoms with E-state index in [0.717, 1.165) is 24.1 Å². The Bertz CT molecular complexity index is 1640. The summed E-state index contributed by atoms with van der Waals surface area (Å²) in [5.41, 5.74) is 5.22. The fourth-order valence-electron chi connectivity index (χ4n) is 6.12. The summed E-state index contributed by atoms with van der Waals surface area (Å²) in [5, 5.41) is 53.2. The summed E-state index contributed by atoms with van der Waals surface area (Å²) in [6.45, 7) is 1.85. The van der Waals surface area contributed by atoms with Gasteiger partial charge in [-0.25, -0.2) is 0 Å². The summed E-state index contributed by atoms with van der Waals surface area (Å²) in [7, 11) is 0. The van der Waals surface area contributed by atoms with Crippen molar-refractivity contribution in [2.45, 2.75) is 55.8 Å². The van der Waals surface area contributed by atoms with E-state index in [2.05, 4.69) is 0 Å². The van der Waals surface area contributed by atoms with E-state index < -0.39 is 22.7 Å². The van der Waals surface area contributed by atoms with Crippen LogP contribution < -0.4 is 15.9 Å². The van der Waals surface area contributed by atoms with E-state index in [4.69, 9.17) is 14.9 Å². The lowest BCUT2D eigenvalue weighted by Gasteiger charge is -2.53. The van der Waals surface area contributed by atoms with Gasteiger partial charge >= 0.3 is 0 Å². The smallest absolute Gasteiger partial charge is 0.196 e. The van der Waals surface area contributed by atoms with Gasteiger partial charge in [-0.15, -0.1) is 0 Å². The van der Waals surface area contributed by atoms with Gasteiger partial charge in [-0.3, -0.25) is 4.79 Å². The minimum atomic E-state index is -1.47. The number of nitrogens with two attached hydrogens (primary N) is 1. The molecule has 2 heterocycles. The van der Waals surface area contributed by atoms with Gasteiger partial charge in [0.05, 0.1) is 0 Å². The average Bonchev–Trinajstić information content (AvgIpc) is 2.87. The highest BCUT2D eigenvalue weighted by Crippen LogP contribution is 2.54. The predicted octanol–water partition coefficient (Wildman–Crippen LogP) is 3.97. The largest absolute Gasteiger partial charge is 0.508 e. The maximum Gasteiger partial charge on any atom is 0.196 e. The summed E-state index contributed by atoms with van der Waals surface area (Å²) >= 11 is 0. The number of phenolic OH excluding ortho intramolecular Hbond substituents is 3. The molecule has 6 rings (SSSR count). The molecule has 2 aliphatic rings. The summed E-state index contributed by atoms with van der Waals surface area (Å²) in [5.74, 6) is -0.588. The quantitative estimate of drug-likeness (QED) is 0.214. The number of rotatable bonds is 3. The number of aromatic hydroxyl groups is 3. The Morgan fingerprint density at radius 2 is 1.72 bits per heavy atom. The Hall–Kier alpha value is -4.21. The van der Waals surface area contributed by atoms with Crippen molar-refractivity contribution >= 4 is 16.7 Å². The Kier molecular flexibility index (Phi) is 5.57. The van der Waals surface area contributed by atoms with E-state index in [1.807, 2.05) is 31.2 Å². The summed E-state index contributed by atoms with van der Waals surface area (Å²) in [4.78, 5) is 13.1. The molecule has 1 aliphatic heterocycles. The van der Waals surface area contributed by atoms with E-state index in [9.17, 15) is 30.3 Å². The van der Waals surface area contributed by atoms with Gasteiger partial charge in [0.25, 0.3) is 0 Å². The number of hydrogen-bond donors (Lipinski definition) is 6. The first-order valence-corrected chi connectivity index (χ1v) is 12.8. The van der Waals surface area contributed by atoms with Gasteiger partial charge in [0, 0.05) is 35.9 Å². The molecule has 0 amide bonds. The highest BCUT2D eigenvalue weighted by atomic mass is 16.5. The van der Waals surface area contributed by atoms with E-state index in [1.54, 1.807) is 0 Å². The molecule has 39 heavy (non-hydrogen) atoms. The average molecular weight is 532 g/mol. The minimum Gasteiger partial charge on any atom is -0.508 e. The Labute approximate surface area is 223 Å². The third kappa shape index (κ3) is 4.05. The fourth-order valence-corrected chi connectivity index (χ4v) is 6.12. The molecule has 0 bridgehead atoms. The zero-order chi connectivity index (χ0) is 27.7. The number of ether oxygens (including phenoxy) is 1. The first kappa shape index (κ1) is 25.1. The van der Waals surface area contributed by atoms with Crippen molar-refractivity contribution in [3.63, 3.8) is 0 Å². The zero-order valence-electron chi connectivity index (χ0n) is 21.2. The molecule has 0 radical (unpaired) electrons. The second-order valence-corrected chi connectivity index (χ2v) is 10.9. The number of phenols is 3. The molecule has 4 unspecified atom stereocenters. The zero-order valence-corrected chi connectivity index (χ0v) is 21.2. The van der Waals surface area contributed by atoms with Crippen LogP contribution in [0, 0.1) is 0 Å². The van der Waals surface area contributed by atoms with Crippen LogP contribution in [0.15, 0.2) is 63.8 Å². The van der Waals surface area contributed by atoms with Crippen LogP contribution in [0.1, 0.15) is 60.7 Å². The predicted molar refractivity (Wildman–Crippen MR) is 143 cm³/mol. The van der Waals surface area contributed by atoms with Crippen LogP contribution in [-0.4, -0.2) is 36.7 Å². The molecule has 9 nitrogen and oxygen atoms in total. The van der Waals surface area contributed by atoms with Crippen LogP contribution in [-0.2, 0) is 6.42 Å². The molecule has 1 fully saturated rings. The molecule has 0 saturated heterocycles. The third-order valence-electron chi connectivity index (χ3n) is 8.33. The van der Waals surface area contributed by atoms with Gasteiger partial charge in [0.1, 0.15) is 57.0 Å². The van der Waals surface area contributed by atoms with Crippen molar-refractivity contribution < 1.29 is 34.7 Å². The molecule has 202 valence electrons. The van der Waals surface area contributed by atoms with Crippen molar-refractivity contribution in [3.05, 3.63) is 87.3 Å². The van der Waals surface area contributed by atoms with Crippen molar-refractivity contribution in [1.29, 1.82) is 0 Å². The van der Waals surface area contributed by atoms with Gasteiger partial charge < -0.3 is 40.4 Å². The van der Waals surface area contributed by atoms with Crippen LogP contribution in [0.3, 0.4) is 0 Å². The Morgan fingerprint density at radius 3 is 2.41 bits per heavy atom. The summed E-state index contributed by atoms with van der Waals surface area (Å²) in [6.07, 6.45) is 0.306. The highest BCUT2D eigenvalue weighted by Gasteiger charge is 2.56. The second kappa shape index (κ2) is 8.65. The number of aliphatic hydroxyl groups excluding tert-OH is 1. The molecule has 7 N–H and O–H groups in total. The standard InChI is InChI=1S/C30H29NO8/c1-29-13-16(15-2-4-18(31)5-3-15)6-7-30(29,37)14-21-23(39-29)12-24-26(28(21)36)22(34)11-25(38-24)27(35)17-8-19(32)10-20(33)9-17/h2-5,8-12,16,27,32-33,35-37H,6-7,13-14,31H2,1H3. The number of anilines is 1. The van der Waals surface area contributed by atoms with Crippen LogP contribution >= 0.6 is 0 Å². The Balaban J connectivity index is 1.40. The molecule has 9 heteroatoms. The van der Waals surface area contributed by atoms with E-state index >= 15 is 0 Å². The van der Waals surface area contributed by atoms with E-state index in [-0.39, 0.29) is 57.6 Å². The second-order valence-electron chi connectivity index (χ2n) is 10.9. The monoisotopic (exact) mass is 531 g/mol. The number of aliphatic hydroxyl groups is 2. The molecular formula is C30H29NO8. The van der Waals surface area contributed by atoms with Crippen molar-refractivity contribution in [3.8, 4) is 23.0 Å². The normalized spacial score (nSPS) is 24.9. The molecule has 1 aliphatic carbocycles. The van der Waals surface area contributed by atoms with Crippen LogP contribution in [0.5, 0.6) is 23.0 Å². The van der Waals surface area contributed by atoms with Crippen molar-refractivity contribution in [2.75, 3.05) is 5.73 Å². The Morgan fingerprint density at radius 1 is 1.03 bits per heavy atom. The maximum atomic E-state index is 13.1. The number of hydrogen-bond acceptors (Lipinski definition) is 9.